The molecule has 0 aliphatic heterocycles. The highest BCUT2D eigenvalue weighted by atomic mass is 16.6. The number of nitrogens with one attached hydrogen (secondary N) is 3. The quantitative estimate of drug-likeness (QED) is 0.0519. The van der Waals surface area contributed by atoms with E-state index in [0.717, 1.165) is 80.6 Å². The molecular formula is C46H62N14O4. The number of hydrogen-bond acceptors (Lipinski definition) is 13. The lowest BCUT2D eigenvalue weighted by molar-refractivity contribution is 0.0237. The van der Waals surface area contributed by atoms with Crippen LogP contribution in [-0.4, -0.2) is 104 Å². The van der Waals surface area contributed by atoms with E-state index in [0.29, 0.717) is 67.9 Å². The van der Waals surface area contributed by atoms with E-state index in [9.17, 15) is 9.90 Å². The summed E-state index contributed by atoms with van der Waals surface area (Å²) in [6.45, 7) is 16.2. The van der Waals surface area contributed by atoms with Crippen LogP contribution in [0.4, 0.5) is 16.4 Å². The number of nitrogens with two attached hydrogens (primary N) is 2. The van der Waals surface area contributed by atoms with E-state index >= 15 is 0 Å². The first-order valence-corrected chi connectivity index (χ1v) is 21.5. The highest BCUT2D eigenvalue weighted by Crippen LogP contribution is 2.33. The van der Waals surface area contributed by atoms with Crippen LogP contribution in [-0.2, 0) is 35.7 Å². The van der Waals surface area contributed by atoms with E-state index in [2.05, 4.69) is 52.2 Å². The lowest BCUT2D eigenvalue weighted by Gasteiger charge is -2.26. The van der Waals surface area contributed by atoms with E-state index in [1.807, 2.05) is 87.7 Å². The zero-order chi connectivity index (χ0) is 44.7. The van der Waals surface area contributed by atoms with Crippen molar-refractivity contribution >= 4 is 61.6 Å². The zero-order valence-corrected chi connectivity index (χ0v) is 36.9. The Balaban J connectivity index is 0.000000221. The summed E-state index contributed by atoms with van der Waals surface area (Å²) in [5.74, 6) is 2.29. The van der Waals surface area contributed by atoms with Crippen LogP contribution in [0.15, 0.2) is 60.9 Å². The highest BCUT2D eigenvalue weighted by Gasteiger charge is 2.25. The molecule has 0 fully saturated rings. The number of imidazole rings is 2. The van der Waals surface area contributed by atoms with Crippen LogP contribution in [0.1, 0.15) is 73.5 Å². The van der Waals surface area contributed by atoms with Crippen LogP contribution >= 0.6 is 0 Å². The van der Waals surface area contributed by atoms with Crippen molar-refractivity contribution in [3.63, 3.8) is 0 Å². The van der Waals surface area contributed by atoms with Gasteiger partial charge in [-0.05, 0) is 77.1 Å². The number of carbonyl (C=O) groups excluding carboxylic acids is 1. The summed E-state index contributed by atoms with van der Waals surface area (Å²) in [5.41, 5.74) is 20.5. The number of unbranched alkanes of at least 4 members (excludes halogenated alkanes) is 1. The molecule has 2 aromatic carbocycles. The molecule has 8 rings (SSSR count). The zero-order valence-electron chi connectivity index (χ0n) is 36.9. The molecule has 0 saturated heterocycles. The van der Waals surface area contributed by atoms with Gasteiger partial charge in [0.2, 0.25) is 0 Å². The van der Waals surface area contributed by atoms with Gasteiger partial charge in [0.25, 0.3) is 0 Å². The molecule has 0 atom stereocenters. The highest BCUT2D eigenvalue weighted by molar-refractivity contribution is 6.08. The molecule has 6 aromatic heterocycles. The molecular weight excluding hydrogens is 813 g/mol. The van der Waals surface area contributed by atoms with Crippen molar-refractivity contribution < 1.29 is 19.4 Å². The number of ether oxygens (including phenoxy) is 2. The average molecular weight is 875 g/mol. The molecule has 340 valence electrons. The number of aromatic nitrogens is 10. The number of hydrogen-bond donors (Lipinski definition) is 6. The molecule has 1 amide bonds. The summed E-state index contributed by atoms with van der Waals surface area (Å²) in [6.07, 6.45) is 5.14. The van der Waals surface area contributed by atoms with E-state index in [1.54, 1.807) is 17.3 Å². The van der Waals surface area contributed by atoms with Crippen molar-refractivity contribution in [1.82, 2.24) is 59.7 Å². The Labute approximate surface area is 372 Å². The molecule has 18 heteroatoms. The first kappa shape index (κ1) is 46.9. The summed E-state index contributed by atoms with van der Waals surface area (Å²) >= 11 is 0. The van der Waals surface area contributed by atoms with Crippen molar-refractivity contribution in [3.8, 4) is 22.5 Å². The minimum Gasteiger partial charge on any atom is -0.444 e. The summed E-state index contributed by atoms with van der Waals surface area (Å²) in [7, 11) is 0. The lowest BCUT2D eigenvalue weighted by atomic mass is 10.1. The number of aromatic amines is 2. The van der Waals surface area contributed by atoms with Crippen molar-refractivity contribution in [1.29, 1.82) is 0 Å². The normalized spacial score (nSPS) is 11.6. The summed E-state index contributed by atoms with van der Waals surface area (Å²) in [6, 6.07) is 15.9. The number of H-pyrrole nitrogens is 2. The van der Waals surface area contributed by atoms with E-state index < -0.39 is 5.60 Å². The SMILES string of the molecule is C.CCCCOCCn1c(CN(CC)C(=O)OC(C)(C)C)nc2c(N)nc3cc(-c4ccn[nH]4)ccc3c21.CCNCc1nc2c(N)nc3cc(-c4ccn[nH]4)ccc3c2n1CCO. The van der Waals surface area contributed by atoms with E-state index in [-0.39, 0.29) is 26.7 Å². The second kappa shape index (κ2) is 20.7. The molecule has 8 N–H and O–H groups in total. The minimum atomic E-state index is -0.589. The van der Waals surface area contributed by atoms with Gasteiger partial charge in [0.15, 0.2) is 11.6 Å². The molecule has 0 spiro atoms. The van der Waals surface area contributed by atoms with Crippen LogP contribution in [0.25, 0.3) is 66.4 Å². The van der Waals surface area contributed by atoms with Crippen LogP contribution in [0, 0.1) is 0 Å². The summed E-state index contributed by atoms with van der Waals surface area (Å²) in [4.78, 5) is 33.3. The molecule has 64 heavy (non-hydrogen) atoms. The standard InChI is InChI=1S/C27H37N7O3.C18H21N7O.CH4/c1-6-8-14-36-15-13-34-22(17-33(7-2)26(35)37-27(3,4)5)31-23-24(34)19-10-9-18(20-11-12-29-32-20)16-21(19)30-25(23)28;1-2-20-10-15-23-16-17(25(15)7-8-26)12-4-3-11(13-5-6-21-24-13)9-14(12)22-18(16)19;/h9-12,16H,6-8,13-15,17H2,1-5H3,(H2,28,30)(H,29,32);3-6,9,20,26H,2,7-8,10H2,1H3,(H2,19,22)(H,21,24);1H4. The smallest absolute Gasteiger partial charge is 0.410 e. The Kier molecular flexibility index (Phi) is 15.2. The van der Waals surface area contributed by atoms with Crippen LogP contribution in [0.5, 0.6) is 0 Å². The lowest BCUT2D eigenvalue weighted by Crippen LogP contribution is -2.37. The van der Waals surface area contributed by atoms with Gasteiger partial charge >= 0.3 is 6.09 Å². The largest absolute Gasteiger partial charge is 0.444 e. The molecule has 0 aliphatic carbocycles. The number of carbonyl (C=O) groups is 1. The Morgan fingerprint density at radius 3 is 1.84 bits per heavy atom. The van der Waals surface area contributed by atoms with Crippen LogP contribution < -0.4 is 16.8 Å². The van der Waals surface area contributed by atoms with Gasteiger partial charge < -0.3 is 45.4 Å². The molecule has 18 nitrogen and oxygen atoms in total. The van der Waals surface area contributed by atoms with Gasteiger partial charge in [-0.15, -0.1) is 0 Å². The molecule has 0 unspecified atom stereocenters. The van der Waals surface area contributed by atoms with E-state index in [4.69, 9.17) is 25.9 Å². The van der Waals surface area contributed by atoms with Gasteiger partial charge in [0, 0.05) is 60.5 Å². The monoisotopic (exact) mass is 875 g/mol. The third-order valence-corrected chi connectivity index (χ3v) is 10.5. The summed E-state index contributed by atoms with van der Waals surface area (Å²) in [5, 5.41) is 28.7. The van der Waals surface area contributed by atoms with Gasteiger partial charge in [-0.2, -0.15) is 10.2 Å². The van der Waals surface area contributed by atoms with Gasteiger partial charge in [0.05, 0.1) is 59.8 Å². The predicted molar refractivity (Wildman–Crippen MR) is 253 cm³/mol. The molecule has 0 bridgehead atoms. The van der Waals surface area contributed by atoms with Gasteiger partial charge in [-0.25, -0.2) is 24.7 Å². The fourth-order valence-corrected chi connectivity index (χ4v) is 7.47. The minimum absolute atomic E-state index is 0. The van der Waals surface area contributed by atoms with Crippen molar-refractivity contribution in [3.05, 3.63) is 72.6 Å². The Bertz CT molecular complexity index is 2790. The molecule has 0 aliphatic rings. The second-order valence-electron chi connectivity index (χ2n) is 16.1. The van der Waals surface area contributed by atoms with Crippen molar-refractivity contribution in [2.24, 2.45) is 0 Å². The molecule has 0 radical (unpaired) electrons. The van der Waals surface area contributed by atoms with Crippen LogP contribution in [0.3, 0.4) is 0 Å². The number of amides is 1. The second-order valence-corrected chi connectivity index (χ2v) is 16.1. The molecule has 8 aromatic rings. The maximum atomic E-state index is 12.9. The fourth-order valence-electron chi connectivity index (χ4n) is 7.47. The number of rotatable bonds is 16. The van der Waals surface area contributed by atoms with Gasteiger partial charge in [0.1, 0.15) is 28.3 Å². The number of nitrogen functional groups attached to an aromatic ring is 2. The number of nitrogens with zero attached hydrogens (tertiary/aromatic N) is 9. The first-order valence-electron chi connectivity index (χ1n) is 21.5. The maximum absolute atomic E-state index is 12.9. The maximum Gasteiger partial charge on any atom is 0.410 e. The summed E-state index contributed by atoms with van der Waals surface area (Å²) < 4.78 is 15.6. The molecule has 0 saturated carbocycles. The number of benzene rings is 2. The third kappa shape index (κ3) is 10.2. The Hall–Kier alpha value is -6.63. The number of anilines is 2. The average Bonchev–Trinajstić information content (AvgIpc) is 4.10. The number of pyridine rings is 2. The van der Waals surface area contributed by atoms with E-state index in [1.165, 1.54) is 0 Å². The topological polar surface area (TPSA) is 242 Å². The first-order chi connectivity index (χ1) is 30.4. The van der Waals surface area contributed by atoms with Gasteiger partial charge in [-0.1, -0.05) is 39.8 Å². The Morgan fingerprint density at radius 2 is 1.36 bits per heavy atom. The number of fused-ring (bicyclic) bond motifs is 6. The third-order valence-electron chi connectivity index (χ3n) is 10.5. The predicted octanol–water partition coefficient (Wildman–Crippen LogP) is 7.43. The number of aliphatic hydroxyl groups is 1. The molecule has 6 heterocycles. The van der Waals surface area contributed by atoms with Gasteiger partial charge in [-0.3, -0.25) is 10.2 Å². The fraction of sp³-hybridized carbons (Fsp3) is 0.413. The number of aliphatic hydroxyl groups excluding tert-OH is 1. The van der Waals surface area contributed by atoms with Crippen molar-refractivity contribution in [2.75, 3.05) is 44.4 Å². The van der Waals surface area contributed by atoms with Crippen LogP contribution in [0.2, 0.25) is 0 Å². The Morgan fingerprint density at radius 1 is 0.797 bits per heavy atom. The van der Waals surface area contributed by atoms with Crippen molar-refractivity contribution in [2.45, 2.75) is 93.6 Å².